The quantitative estimate of drug-likeness (QED) is 0.790. The maximum absolute atomic E-state index is 9.24. The van der Waals surface area contributed by atoms with Gasteiger partial charge in [0.25, 0.3) is 0 Å². The number of benzene rings is 2. The van der Waals surface area contributed by atoms with Gasteiger partial charge in [-0.15, -0.1) is 0 Å². The van der Waals surface area contributed by atoms with E-state index < -0.39 is 0 Å². The number of hydrogen-bond donors (Lipinski definition) is 1. The number of hydrogen-bond acceptors (Lipinski definition) is 3. The van der Waals surface area contributed by atoms with Crippen molar-refractivity contribution < 1.29 is 0 Å². The van der Waals surface area contributed by atoms with Crippen LogP contribution in [0.1, 0.15) is 5.56 Å². The largest absolute Gasteiger partial charge is 0.339 e. The maximum atomic E-state index is 9.24. The van der Waals surface area contributed by atoms with Gasteiger partial charge in [0.05, 0.1) is 11.9 Å². The molecule has 2 aromatic carbocycles. The molecule has 4 nitrogen and oxygen atoms in total. The lowest BCUT2D eigenvalue weighted by atomic mass is 10.3. The standard InChI is InChI=1S/C16H11ClN4/c17-13-5-4-8-15(9-13)21-16(12(10-18)11-19-21)20-14-6-2-1-3-7-14/h1-9,11,20H. The predicted octanol–water partition coefficient (Wildman–Crippen LogP) is 4.14. The lowest BCUT2D eigenvalue weighted by molar-refractivity contribution is 0.888. The van der Waals surface area contributed by atoms with Crippen molar-refractivity contribution in [1.82, 2.24) is 9.78 Å². The van der Waals surface area contributed by atoms with Crippen LogP contribution in [0, 0.1) is 11.3 Å². The summed E-state index contributed by atoms with van der Waals surface area (Å²) in [7, 11) is 0. The Kier molecular flexibility index (Phi) is 3.59. The van der Waals surface area contributed by atoms with E-state index in [1.165, 1.54) is 6.20 Å². The molecule has 1 heterocycles. The van der Waals surface area contributed by atoms with Crippen LogP contribution in [0.4, 0.5) is 11.5 Å². The third-order valence-electron chi connectivity index (χ3n) is 2.98. The van der Waals surface area contributed by atoms with Crippen LogP contribution in [0.25, 0.3) is 5.69 Å². The number of anilines is 2. The highest BCUT2D eigenvalue weighted by molar-refractivity contribution is 6.30. The van der Waals surface area contributed by atoms with Gasteiger partial charge in [-0.2, -0.15) is 10.4 Å². The highest BCUT2D eigenvalue weighted by Gasteiger charge is 2.12. The summed E-state index contributed by atoms with van der Waals surface area (Å²) in [6.07, 6.45) is 1.53. The molecule has 21 heavy (non-hydrogen) atoms. The SMILES string of the molecule is N#Cc1cnn(-c2cccc(Cl)c2)c1Nc1ccccc1. The van der Waals surface area contributed by atoms with E-state index in [2.05, 4.69) is 16.5 Å². The molecule has 0 aliphatic carbocycles. The fraction of sp³-hybridized carbons (Fsp3) is 0. The van der Waals surface area contributed by atoms with E-state index in [-0.39, 0.29) is 0 Å². The number of nitrogens with zero attached hydrogens (tertiary/aromatic N) is 3. The van der Waals surface area contributed by atoms with Crippen molar-refractivity contribution in [2.75, 3.05) is 5.32 Å². The third kappa shape index (κ3) is 2.73. The zero-order chi connectivity index (χ0) is 14.7. The lowest BCUT2D eigenvalue weighted by Gasteiger charge is -2.10. The molecule has 0 radical (unpaired) electrons. The van der Waals surface area contributed by atoms with Crippen LogP contribution < -0.4 is 5.32 Å². The molecule has 5 heteroatoms. The van der Waals surface area contributed by atoms with E-state index in [4.69, 9.17) is 11.6 Å². The van der Waals surface area contributed by atoms with E-state index in [1.807, 2.05) is 42.5 Å². The fourth-order valence-corrected chi connectivity index (χ4v) is 2.20. The van der Waals surface area contributed by atoms with Crippen molar-refractivity contribution >= 4 is 23.1 Å². The summed E-state index contributed by atoms with van der Waals surface area (Å²) in [5.74, 6) is 0.617. The number of halogens is 1. The molecule has 0 aliphatic heterocycles. The van der Waals surface area contributed by atoms with Crippen molar-refractivity contribution in [3.63, 3.8) is 0 Å². The van der Waals surface area contributed by atoms with Crippen LogP contribution in [0.2, 0.25) is 5.02 Å². The molecule has 1 N–H and O–H groups in total. The van der Waals surface area contributed by atoms with Gasteiger partial charge in [0.2, 0.25) is 0 Å². The average Bonchev–Trinajstić information content (AvgIpc) is 2.91. The maximum Gasteiger partial charge on any atom is 0.152 e. The van der Waals surface area contributed by atoms with Crippen LogP contribution in [-0.2, 0) is 0 Å². The van der Waals surface area contributed by atoms with Crippen molar-refractivity contribution in [2.24, 2.45) is 0 Å². The van der Waals surface area contributed by atoms with Gasteiger partial charge >= 0.3 is 0 Å². The molecule has 0 fully saturated rings. The van der Waals surface area contributed by atoms with Crippen molar-refractivity contribution in [3.05, 3.63) is 71.4 Å². The first-order valence-electron chi connectivity index (χ1n) is 6.34. The van der Waals surface area contributed by atoms with Gasteiger partial charge in [-0.25, -0.2) is 4.68 Å². The summed E-state index contributed by atoms with van der Waals surface area (Å²) in [5.41, 5.74) is 2.15. The van der Waals surface area contributed by atoms with E-state index >= 15 is 0 Å². The molecule has 0 unspecified atom stereocenters. The molecule has 3 rings (SSSR count). The molecule has 0 aliphatic rings. The van der Waals surface area contributed by atoms with Crippen LogP contribution in [0.3, 0.4) is 0 Å². The number of rotatable bonds is 3. The zero-order valence-electron chi connectivity index (χ0n) is 11.0. The molecule has 0 spiro atoms. The minimum Gasteiger partial charge on any atom is -0.339 e. The molecule has 102 valence electrons. The van der Waals surface area contributed by atoms with Crippen LogP contribution in [0.15, 0.2) is 60.8 Å². The average molecular weight is 295 g/mol. The van der Waals surface area contributed by atoms with E-state index in [0.717, 1.165) is 11.4 Å². The van der Waals surface area contributed by atoms with Gasteiger partial charge < -0.3 is 5.32 Å². The Bertz CT molecular complexity index is 803. The Morgan fingerprint density at radius 1 is 1.10 bits per heavy atom. The molecular formula is C16H11ClN4. The minimum atomic E-state index is 0.471. The Labute approximate surface area is 127 Å². The van der Waals surface area contributed by atoms with Crippen molar-refractivity contribution in [3.8, 4) is 11.8 Å². The molecule has 3 aromatic rings. The van der Waals surface area contributed by atoms with E-state index in [1.54, 1.807) is 16.8 Å². The van der Waals surface area contributed by atoms with Gasteiger partial charge in [0, 0.05) is 10.7 Å². The van der Waals surface area contributed by atoms with Gasteiger partial charge in [-0.3, -0.25) is 0 Å². The summed E-state index contributed by atoms with van der Waals surface area (Å²) in [6.45, 7) is 0. The van der Waals surface area contributed by atoms with Crippen molar-refractivity contribution in [1.29, 1.82) is 5.26 Å². The first kappa shape index (κ1) is 13.2. The van der Waals surface area contributed by atoms with Gasteiger partial charge in [0.15, 0.2) is 5.82 Å². The molecule has 0 amide bonds. The second kappa shape index (κ2) is 5.70. The van der Waals surface area contributed by atoms with E-state index in [9.17, 15) is 5.26 Å². The normalized spacial score (nSPS) is 10.1. The molecule has 0 bridgehead atoms. The van der Waals surface area contributed by atoms with Crippen LogP contribution >= 0.6 is 11.6 Å². The van der Waals surface area contributed by atoms with Gasteiger partial charge in [0.1, 0.15) is 11.6 Å². The van der Waals surface area contributed by atoms with Crippen molar-refractivity contribution in [2.45, 2.75) is 0 Å². The lowest BCUT2D eigenvalue weighted by Crippen LogP contribution is -2.03. The summed E-state index contributed by atoms with van der Waals surface area (Å²) < 4.78 is 1.66. The third-order valence-corrected chi connectivity index (χ3v) is 3.21. The highest BCUT2D eigenvalue weighted by atomic mass is 35.5. The smallest absolute Gasteiger partial charge is 0.152 e. The monoisotopic (exact) mass is 294 g/mol. The highest BCUT2D eigenvalue weighted by Crippen LogP contribution is 2.24. The summed E-state index contributed by atoms with van der Waals surface area (Å²) in [5, 5.41) is 17.4. The Morgan fingerprint density at radius 2 is 1.90 bits per heavy atom. The molecular weight excluding hydrogens is 284 g/mol. The Morgan fingerprint density at radius 3 is 2.62 bits per heavy atom. The minimum absolute atomic E-state index is 0.471. The molecule has 1 aromatic heterocycles. The number of para-hydroxylation sites is 1. The predicted molar refractivity (Wildman–Crippen MR) is 83.0 cm³/mol. The van der Waals surface area contributed by atoms with Gasteiger partial charge in [-0.05, 0) is 30.3 Å². The number of nitriles is 1. The first-order valence-corrected chi connectivity index (χ1v) is 6.72. The molecule has 0 saturated carbocycles. The summed E-state index contributed by atoms with van der Waals surface area (Å²) in [4.78, 5) is 0. The van der Waals surface area contributed by atoms with Crippen LogP contribution in [-0.4, -0.2) is 9.78 Å². The molecule has 0 saturated heterocycles. The van der Waals surface area contributed by atoms with E-state index in [0.29, 0.717) is 16.4 Å². The number of nitrogens with one attached hydrogen (secondary N) is 1. The van der Waals surface area contributed by atoms with Crippen LogP contribution in [0.5, 0.6) is 0 Å². The molecule has 0 atom stereocenters. The Balaban J connectivity index is 2.07. The fourth-order valence-electron chi connectivity index (χ4n) is 2.01. The zero-order valence-corrected chi connectivity index (χ0v) is 11.7. The summed E-state index contributed by atoms with van der Waals surface area (Å²) >= 11 is 6.02. The number of aromatic nitrogens is 2. The Hall–Kier alpha value is -2.77. The first-order chi connectivity index (χ1) is 10.3. The second-order valence-electron chi connectivity index (χ2n) is 4.40. The second-order valence-corrected chi connectivity index (χ2v) is 4.84. The summed E-state index contributed by atoms with van der Waals surface area (Å²) in [6, 6.07) is 19.1. The van der Waals surface area contributed by atoms with Gasteiger partial charge in [-0.1, -0.05) is 35.9 Å². The topological polar surface area (TPSA) is 53.6 Å².